The Hall–Kier alpha value is -1.60. The van der Waals surface area contributed by atoms with Gasteiger partial charge in [0, 0.05) is 6.92 Å². The first-order chi connectivity index (χ1) is 7.51. The molecule has 0 N–H and O–H groups in total. The molecule has 2 nitrogen and oxygen atoms in total. The number of carbonyl (C=O) groups is 1. The number of pyridine rings is 1. The van der Waals surface area contributed by atoms with E-state index < -0.39 is 35.1 Å². The molecule has 0 atom stereocenters. The molecule has 0 radical (unpaired) electrons. The van der Waals surface area contributed by atoms with Crippen molar-refractivity contribution in [3.05, 3.63) is 29.1 Å². The number of rotatable bonds is 1. The molecule has 1 heterocycles. The Morgan fingerprint density at radius 1 is 1.06 bits per heavy atom. The zero-order valence-electron chi connectivity index (χ0n) is 8.28. The van der Waals surface area contributed by atoms with Crippen molar-refractivity contribution in [2.75, 3.05) is 0 Å². The monoisotopic (exact) mass is 257 g/mol. The summed E-state index contributed by atoms with van der Waals surface area (Å²) in [5, 5.41) is 0. The molecule has 17 heavy (non-hydrogen) atoms. The average molecular weight is 257 g/mol. The van der Waals surface area contributed by atoms with Gasteiger partial charge >= 0.3 is 12.4 Å². The highest BCUT2D eigenvalue weighted by Crippen LogP contribution is 2.34. The summed E-state index contributed by atoms with van der Waals surface area (Å²) in [6, 6.07) is 0.157. The van der Waals surface area contributed by atoms with Gasteiger partial charge in [-0.05, 0) is 12.1 Å². The zero-order chi connectivity index (χ0) is 13.4. The fourth-order valence-corrected chi connectivity index (χ4v) is 1.02. The van der Waals surface area contributed by atoms with Gasteiger partial charge in [-0.1, -0.05) is 0 Å². The topological polar surface area (TPSA) is 30.0 Å². The molecule has 1 aromatic heterocycles. The summed E-state index contributed by atoms with van der Waals surface area (Å²) in [6.45, 7) is 0.836. The second-order valence-corrected chi connectivity index (χ2v) is 3.18. The number of Topliss-reactive ketones (excluding diaryl/α,β-unsaturated/α-hetero) is 1. The Labute approximate surface area is 91.3 Å². The minimum absolute atomic E-state index is 0.133. The number of hydrogen-bond acceptors (Lipinski definition) is 2. The van der Waals surface area contributed by atoms with Crippen LogP contribution in [0.2, 0.25) is 0 Å². The van der Waals surface area contributed by atoms with Gasteiger partial charge in [0.2, 0.25) is 0 Å². The van der Waals surface area contributed by atoms with E-state index in [0.29, 0.717) is 0 Å². The molecule has 0 unspecified atom stereocenters. The fraction of sp³-hybridized carbons (Fsp3) is 0.333. The van der Waals surface area contributed by atoms with Crippen LogP contribution < -0.4 is 0 Å². The summed E-state index contributed by atoms with van der Waals surface area (Å²) >= 11 is 0. The van der Waals surface area contributed by atoms with Crippen LogP contribution >= 0.6 is 0 Å². The van der Waals surface area contributed by atoms with Crippen molar-refractivity contribution in [2.45, 2.75) is 19.3 Å². The highest BCUT2D eigenvalue weighted by Gasteiger charge is 2.38. The van der Waals surface area contributed by atoms with Crippen LogP contribution in [0.5, 0.6) is 0 Å². The van der Waals surface area contributed by atoms with Gasteiger partial charge in [0.15, 0.2) is 5.78 Å². The predicted octanol–water partition coefficient (Wildman–Crippen LogP) is 3.32. The van der Waals surface area contributed by atoms with E-state index in [-0.39, 0.29) is 12.1 Å². The summed E-state index contributed by atoms with van der Waals surface area (Å²) in [5.74, 6) is -0.971. The second-order valence-electron chi connectivity index (χ2n) is 3.18. The lowest BCUT2D eigenvalue weighted by Crippen LogP contribution is -2.15. The molecule has 0 aliphatic rings. The molecule has 0 bridgehead atoms. The van der Waals surface area contributed by atoms with E-state index in [9.17, 15) is 31.1 Å². The quantitative estimate of drug-likeness (QED) is 0.570. The molecule has 0 saturated heterocycles. The lowest BCUT2D eigenvalue weighted by molar-refractivity contribution is -0.145. The molecule has 8 heteroatoms. The zero-order valence-corrected chi connectivity index (χ0v) is 8.28. The van der Waals surface area contributed by atoms with Crippen LogP contribution in [0.3, 0.4) is 0 Å². The van der Waals surface area contributed by atoms with Crippen LogP contribution in [0.15, 0.2) is 12.1 Å². The van der Waals surface area contributed by atoms with E-state index in [1.54, 1.807) is 0 Å². The third-order valence-corrected chi connectivity index (χ3v) is 1.80. The third kappa shape index (κ3) is 3.18. The van der Waals surface area contributed by atoms with Crippen molar-refractivity contribution in [3.8, 4) is 0 Å². The molecular formula is C9H5F6NO. The Morgan fingerprint density at radius 3 is 1.94 bits per heavy atom. The fourth-order valence-electron chi connectivity index (χ4n) is 1.02. The van der Waals surface area contributed by atoms with Crippen molar-refractivity contribution < 1.29 is 31.1 Å². The number of alkyl halides is 6. The minimum Gasteiger partial charge on any atom is -0.293 e. The smallest absolute Gasteiger partial charge is 0.293 e. The SMILES string of the molecule is CC(=O)c1cc(C(F)(F)F)cc(C(F)(F)F)n1. The van der Waals surface area contributed by atoms with Crippen molar-refractivity contribution in [2.24, 2.45) is 0 Å². The molecule has 94 valence electrons. The molecule has 0 aliphatic carbocycles. The number of nitrogens with zero attached hydrogens (tertiary/aromatic N) is 1. The van der Waals surface area contributed by atoms with Crippen molar-refractivity contribution in [3.63, 3.8) is 0 Å². The van der Waals surface area contributed by atoms with E-state index in [1.807, 2.05) is 0 Å². The van der Waals surface area contributed by atoms with Crippen LogP contribution in [0.25, 0.3) is 0 Å². The lowest BCUT2D eigenvalue weighted by Gasteiger charge is -2.12. The van der Waals surface area contributed by atoms with Gasteiger partial charge in [0.25, 0.3) is 0 Å². The molecule has 0 saturated carbocycles. The minimum atomic E-state index is -5.04. The highest BCUT2D eigenvalue weighted by atomic mass is 19.4. The van der Waals surface area contributed by atoms with Crippen LogP contribution in [-0.2, 0) is 12.4 Å². The number of aromatic nitrogens is 1. The number of halogens is 6. The molecule has 0 fully saturated rings. The molecule has 0 aliphatic heterocycles. The highest BCUT2D eigenvalue weighted by molar-refractivity contribution is 5.92. The van der Waals surface area contributed by atoms with E-state index >= 15 is 0 Å². The summed E-state index contributed by atoms with van der Waals surface area (Å²) in [4.78, 5) is 13.6. The maximum Gasteiger partial charge on any atom is 0.433 e. The molecule has 0 spiro atoms. The van der Waals surface area contributed by atoms with Crippen molar-refractivity contribution >= 4 is 5.78 Å². The van der Waals surface area contributed by atoms with Gasteiger partial charge < -0.3 is 0 Å². The lowest BCUT2D eigenvalue weighted by atomic mass is 10.1. The van der Waals surface area contributed by atoms with Crippen LogP contribution in [-0.4, -0.2) is 10.8 Å². The van der Waals surface area contributed by atoms with Gasteiger partial charge in [-0.15, -0.1) is 0 Å². The standard InChI is InChI=1S/C9H5F6NO/c1-4(17)6-2-5(8(10,11)12)3-7(16-6)9(13,14)15/h2-3H,1H3. The maximum absolute atomic E-state index is 12.3. The number of ketones is 1. The average Bonchev–Trinajstić information content (AvgIpc) is 2.14. The summed E-state index contributed by atoms with van der Waals surface area (Å²) < 4.78 is 73.7. The normalized spacial score (nSPS) is 12.6. The van der Waals surface area contributed by atoms with Crippen molar-refractivity contribution in [1.29, 1.82) is 0 Å². The third-order valence-electron chi connectivity index (χ3n) is 1.80. The van der Waals surface area contributed by atoms with E-state index in [4.69, 9.17) is 0 Å². The molecule has 1 rings (SSSR count). The molecular weight excluding hydrogens is 252 g/mol. The summed E-state index contributed by atoms with van der Waals surface area (Å²) in [6.07, 6.45) is -10.0. The Balaban J connectivity index is 3.45. The largest absolute Gasteiger partial charge is 0.433 e. The van der Waals surface area contributed by atoms with Gasteiger partial charge in [0.05, 0.1) is 5.56 Å². The Kier molecular flexibility index (Phi) is 3.17. The second kappa shape index (κ2) is 4.01. The van der Waals surface area contributed by atoms with E-state index in [0.717, 1.165) is 6.92 Å². The van der Waals surface area contributed by atoms with Crippen LogP contribution in [0, 0.1) is 0 Å². The Bertz CT molecular complexity index is 416. The van der Waals surface area contributed by atoms with Crippen LogP contribution in [0.1, 0.15) is 28.7 Å². The first-order valence-corrected chi connectivity index (χ1v) is 4.19. The van der Waals surface area contributed by atoms with Crippen molar-refractivity contribution in [1.82, 2.24) is 4.98 Å². The summed E-state index contributed by atoms with van der Waals surface area (Å²) in [5.41, 5.74) is -4.16. The van der Waals surface area contributed by atoms with Gasteiger partial charge in [-0.25, -0.2) is 4.98 Å². The van der Waals surface area contributed by atoms with E-state index in [1.165, 1.54) is 0 Å². The predicted molar refractivity (Wildman–Crippen MR) is 44.2 cm³/mol. The van der Waals surface area contributed by atoms with Crippen LogP contribution in [0.4, 0.5) is 26.3 Å². The molecule has 0 aromatic carbocycles. The van der Waals surface area contributed by atoms with Gasteiger partial charge in [-0.2, -0.15) is 26.3 Å². The first kappa shape index (κ1) is 13.5. The summed E-state index contributed by atoms with van der Waals surface area (Å²) in [7, 11) is 0. The number of hydrogen-bond donors (Lipinski definition) is 0. The molecule has 0 amide bonds. The molecule has 1 aromatic rings. The van der Waals surface area contributed by atoms with Gasteiger partial charge in [-0.3, -0.25) is 4.79 Å². The first-order valence-electron chi connectivity index (χ1n) is 4.19. The van der Waals surface area contributed by atoms with E-state index in [2.05, 4.69) is 4.98 Å². The van der Waals surface area contributed by atoms with Gasteiger partial charge in [0.1, 0.15) is 11.4 Å². The number of carbonyl (C=O) groups excluding carboxylic acids is 1. The maximum atomic E-state index is 12.3. The Morgan fingerprint density at radius 2 is 1.59 bits per heavy atom.